The van der Waals surface area contributed by atoms with Crippen LogP contribution >= 0.6 is 11.6 Å². The molecule has 38 heavy (non-hydrogen) atoms. The normalized spacial score (nSPS) is 12.7. The lowest BCUT2D eigenvalue weighted by molar-refractivity contribution is -0.137. The minimum Gasteiger partial charge on any atom is -0.494 e. The van der Waals surface area contributed by atoms with Gasteiger partial charge in [-0.1, -0.05) is 78.3 Å². The molecular formula is C28H31ClF3N5O. The summed E-state index contributed by atoms with van der Waals surface area (Å²) >= 11 is 6.20. The summed E-state index contributed by atoms with van der Waals surface area (Å²) in [5.74, 6) is 5.86. The van der Waals surface area contributed by atoms with E-state index >= 15 is 0 Å². The largest absolute Gasteiger partial charge is 0.494 e. The first-order valence-electron chi connectivity index (χ1n) is 12.2. The van der Waals surface area contributed by atoms with Gasteiger partial charge in [-0.25, -0.2) is 0 Å². The highest BCUT2D eigenvalue weighted by Crippen LogP contribution is 2.36. The van der Waals surface area contributed by atoms with Crippen molar-refractivity contribution in [3.8, 4) is 5.75 Å². The molecule has 0 aliphatic carbocycles. The van der Waals surface area contributed by atoms with E-state index < -0.39 is 11.7 Å². The number of hydrogen-bond donors (Lipinski definition) is 2. The van der Waals surface area contributed by atoms with Crippen LogP contribution in [0, 0.1) is 5.41 Å². The Morgan fingerprint density at radius 3 is 2.53 bits per heavy atom. The quantitative estimate of drug-likeness (QED) is 0.0626. The smallest absolute Gasteiger partial charge is 0.417 e. The Hall–Kier alpha value is -3.43. The monoisotopic (exact) mass is 545 g/mol. The topological polar surface area (TPSA) is 87.1 Å². The Balaban J connectivity index is 1.66. The number of nitrogens with zero attached hydrogens (tertiary/aromatic N) is 3. The number of nitrogens with one attached hydrogen (secondary N) is 1. The van der Waals surface area contributed by atoms with E-state index in [0.29, 0.717) is 37.4 Å². The fourth-order valence-electron chi connectivity index (χ4n) is 4.19. The molecule has 0 aromatic heterocycles. The van der Waals surface area contributed by atoms with Gasteiger partial charge in [0.05, 0.1) is 17.2 Å². The van der Waals surface area contributed by atoms with Gasteiger partial charge < -0.3 is 10.6 Å². The number of hydrogen-bond acceptors (Lipinski definition) is 4. The molecule has 0 radical (unpaired) electrons. The molecular weight excluding hydrogens is 515 g/mol. The molecule has 6 nitrogen and oxygen atoms in total. The molecule has 0 unspecified atom stereocenters. The average molecular weight is 546 g/mol. The van der Waals surface area contributed by atoms with Crippen molar-refractivity contribution in [2.24, 2.45) is 16.2 Å². The number of nitrogens with two attached hydrogens (primary N) is 1. The first-order chi connectivity index (χ1) is 18.2. The summed E-state index contributed by atoms with van der Waals surface area (Å²) < 4.78 is 46.1. The minimum atomic E-state index is -4.51. The second-order valence-electron chi connectivity index (χ2n) is 9.01. The van der Waals surface area contributed by atoms with E-state index in [1.165, 1.54) is 6.07 Å². The lowest BCUT2D eigenvalue weighted by atomic mass is 10.00. The highest BCUT2D eigenvalue weighted by molar-refractivity contribution is 6.32. The molecule has 0 spiro atoms. The van der Waals surface area contributed by atoms with Crippen molar-refractivity contribution in [1.82, 2.24) is 4.90 Å². The van der Waals surface area contributed by atoms with E-state index in [1.807, 2.05) is 54.6 Å². The predicted octanol–water partition coefficient (Wildman–Crippen LogP) is 7.28. The SMILES string of the molecule is C[C@@H](CN(CCCOc1cccc(CC(=N)N=NN)c1)Cc1cccc(C(F)(F)F)c1Cl)c1ccccc1. The number of rotatable bonds is 12. The molecule has 0 fully saturated rings. The predicted molar refractivity (Wildman–Crippen MR) is 144 cm³/mol. The standard InChI is InChI=1S/C28H31ClF3N5O/c1-20(22-9-3-2-4-10-22)18-37(19-23-11-6-13-25(27(23)29)28(30,31)32)14-7-15-38-24-12-5-8-21(16-24)17-26(33)35-36-34/h2-6,8-13,16,20H,7,14-15,17-19H2,1H3,(H3,33,34,35)/t20-/m0/s1. The molecule has 202 valence electrons. The molecule has 0 saturated heterocycles. The van der Waals surface area contributed by atoms with Gasteiger partial charge in [-0.2, -0.15) is 13.2 Å². The van der Waals surface area contributed by atoms with E-state index in [-0.39, 0.29) is 29.7 Å². The zero-order chi connectivity index (χ0) is 27.5. The molecule has 0 aliphatic rings. The Kier molecular flexibility index (Phi) is 10.7. The number of amidine groups is 1. The molecule has 1 atom stereocenters. The Labute approximate surface area is 225 Å². The van der Waals surface area contributed by atoms with Gasteiger partial charge in [0, 0.05) is 26.1 Å². The molecule has 0 bridgehead atoms. The van der Waals surface area contributed by atoms with Gasteiger partial charge in [-0.3, -0.25) is 10.3 Å². The molecule has 0 amide bonds. The maximum Gasteiger partial charge on any atom is 0.417 e. The first kappa shape index (κ1) is 29.1. The fourth-order valence-corrected chi connectivity index (χ4v) is 4.49. The summed E-state index contributed by atoms with van der Waals surface area (Å²) in [5.41, 5.74) is 1.61. The van der Waals surface area contributed by atoms with Gasteiger partial charge in [0.25, 0.3) is 0 Å². The van der Waals surface area contributed by atoms with Gasteiger partial charge in [-0.15, -0.1) is 5.11 Å². The summed E-state index contributed by atoms with van der Waals surface area (Å²) in [4.78, 5) is 2.11. The van der Waals surface area contributed by atoms with Gasteiger partial charge in [-0.05, 0) is 47.2 Å². The van der Waals surface area contributed by atoms with Crippen LogP contribution in [0.25, 0.3) is 0 Å². The second kappa shape index (κ2) is 13.9. The zero-order valence-electron chi connectivity index (χ0n) is 21.1. The lowest BCUT2D eigenvalue weighted by Gasteiger charge is -2.27. The molecule has 0 saturated carbocycles. The molecule has 10 heteroatoms. The van der Waals surface area contributed by atoms with Gasteiger partial charge in [0.2, 0.25) is 0 Å². The second-order valence-corrected chi connectivity index (χ2v) is 9.39. The molecule has 3 aromatic rings. The minimum absolute atomic E-state index is 0.0427. The van der Waals surface area contributed by atoms with Crippen LogP contribution in [-0.2, 0) is 19.1 Å². The Morgan fingerprint density at radius 1 is 1.08 bits per heavy atom. The number of ether oxygens (including phenoxy) is 1. The van der Waals surface area contributed by atoms with E-state index in [2.05, 4.69) is 22.2 Å². The van der Waals surface area contributed by atoms with Crippen LogP contribution < -0.4 is 10.6 Å². The van der Waals surface area contributed by atoms with E-state index in [4.69, 9.17) is 27.6 Å². The van der Waals surface area contributed by atoms with Crippen LogP contribution in [0.4, 0.5) is 13.2 Å². The van der Waals surface area contributed by atoms with Crippen molar-refractivity contribution in [2.75, 3.05) is 19.7 Å². The molecule has 0 heterocycles. The fraction of sp³-hybridized carbons (Fsp3) is 0.321. The van der Waals surface area contributed by atoms with E-state index in [9.17, 15) is 13.2 Å². The van der Waals surface area contributed by atoms with Crippen molar-refractivity contribution < 1.29 is 17.9 Å². The third kappa shape index (κ3) is 8.85. The highest BCUT2D eigenvalue weighted by atomic mass is 35.5. The molecule has 3 rings (SSSR count). The molecule has 0 aliphatic heterocycles. The van der Waals surface area contributed by atoms with Gasteiger partial charge in [0.1, 0.15) is 11.6 Å². The summed E-state index contributed by atoms with van der Waals surface area (Å²) in [5, 5.41) is 14.1. The Morgan fingerprint density at radius 2 is 1.82 bits per heavy atom. The first-order valence-corrected chi connectivity index (χ1v) is 12.6. The summed E-state index contributed by atoms with van der Waals surface area (Å²) in [6, 6.07) is 21.4. The number of alkyl halides is 3. The molecule has 3 N–H and O–H groups in total. The number of halogens is 4. The van der Waals surface area contributed by atoms with Crippen molar-refractivity contribution in [1.29, 1.82) is 5.41 Å². The van der Waals surface area contributed by atoms with Crippen LogP contribution in [0.5, 0.6) is 5.75 Å². The van der Waals surface area contributed by atoms with Crippen LogP contribution in [0.15, 0.2) is 83.1 Å². The van der Waals surface area contributed by atoms with Gasteiger partial charge in [0.15, 0.2) is 0 Å². The average Bonchev–Trinajstić information content (AvgIpc) is 2.88. The summed E-state index contributed by atoms with van der Waals surface area (Å²) in [7, 11) is 0. The van der Waals surface area contributed by atoms with Crippen LogP contribution in [0.1, 0.15) is 41.5 Å². The van der Waals surface area contributed by atoms with E-state index in [0.717, 1.165) is 17.2 Å². The van der Waals surface area contributed by atoms with E-state index in [1.54, 1.807) is 6.07 Å². The van der Waals surface area contributed by atoms with Crippen molar-refractivity contribution >= 4 is 17.4 Å². The molecule has 3 aromatic carbocycles. The lowest BCUT2D eigenvalue weighted by Crippen LogP contribution is -2.30. The van der Waals surface area contributed by atoms with Crippen LogP contribution in [-0.4, -0.2) is 30.4 Å². The van der Waals surface area contributed by atoms with Gasteiger partial charge >= 0.3 is 6.18 Å². The van der Waals surface area contributed by atoms with Crippen molar-refractivity contribution in [2.45, 2.75) is 38.4 Å². The van der Waals surface area contributed by atoms with Crippen LogP contribution in [0.3, 0.4) is 0 Å². The summed E-state index contributed by atoms with van der Waals surface area (Å²) in [6.07, 6.45) is -3.58. The van der Waals surface area contributed by atoms with Crippen LogP contribution in [0.2, 0.25) is 5.02 Å². The maximum atomic E-state index is 13.4. The van der Waals surface area contributed by atoms with Crippen molar-refractivity contribution in [3.05, 3.63) is 100 Å². The number of benzene rings is 3. The Bertz CT molecular complexity index is 1220. The van der Waals surface area contributed by atoms with Crippen molar-refractivity contribution in [3.63, 3.8) is 0 Å². The maximum absolute atomic E-state index is 13.4. The third-order valence-corrected chi connectivity index (χ3v) is 6.46. The third-order valence-electron chi connectivity index (χ3n) is 6.01. The zero-order valence-corrected chi connectivity index (χ0v) is 21.8. The summed E-state index contributed by atoms with van der Waals surface area (Å²) in [6.45, 7) is 4.04. The highest BCUT2D eigenvalue weighted by Gasteiger charge is 2.34.